The van der Waals surface area contributed by atoms with Crippen LogP contribution in [-0.4, -0.2) is 88.6 Å². The van der Waals surface area contributed by atoms with Crippen molar-refractivity contribution in [2.75, 3.05) is 39.2 Å². The Labute approximate surface area is 288 Å². The molecule has 2 aliphatic rings. The number of likely N-dealkylation sites (N-methyl/N-ethyl adjacent to an activating group) is 1. The van der Waals surface area contributed by atoms with Crippen LogP contribution in [0, 0.1) is 0 Å². The molecule has 14 heteroatoms. The summed E-state index contributed by atoms with van der Waals surface area (Å²) in [5, 5.41) is 20.0. The van der Waals surface area contributed by atoms with Gasteiger partial charge in [-0.25, -0.2) is 4.98 Å². The Hall–Kier alpha value is -4.20. The second-order valence-electron chi connectivity index (χ2n) is 12.0. The van der Waals surface area contributed by atoms with Crippen LogP contribution in [0.5, 0.6) is 5.88 Å². The summed E-state index contributed by atoms with van der Waals surface area (Å²) in [7, 11) is 3.31. The molecule has 1 unspecified atom stereocenters. The van der Waals surface area contributed by atoms with Crippen molar-refractivity contribution in [3.8, 4) is 39.5 Å². The quantitative estimate of drug-likeness (QED) is 0.149. The van der Waals surface area contributed by atoms with E-state index in [1.165, 1.54) is 0 Å². The highest BCUT2D eigenvalue weighted by atomic mass is 35.5. The Kier molecular flexibility index (Phi) is 10.2. The zero-order chi connectivity index (χ0) is 33.9. The number of carbonyl (C=O) groups excluding carboxylic acids is 2. The topological polar surface area (TPSA) is 146 Å². The average molecular weight is 694 g/mol. The van der Waals surface area contributed by atoms with Gasteiger partial charge in [-0.05, 0) is 31.5 Å². The molecule has 4 aromatic rings. The van der Waals surface area contributed by atoms with Crippen molar-refractivity contribution in [1.29, 1.82) is 0 Å². The van der Waals surface area contributed by atoms with Gasteiger partial charge in [-0.1, -0.05) is 47.5 Å². The maximum absolute atomic E-state index is 13.2. The van der Waals surface area contributed by atoms with E-state index in [2.05, 4.69) is 26.4 Å². The van der Waals surface area contributed by atoms with Gasteiger partial charge in [0.15, 0.2) is 0 Å². The number of ether oxygens (including phenoxy) is 1. The van der Waals surface area contributed by atoms with Crippen LogP contribution in [0.2, 0.25) is 10.0 Å². The van der Waals surface area contributed by atoms with Crippen molar-refractivity contribution in [3.05, 3.63) is 76.2 Å². The van der Waals surface area contributed by atoms with Crippen molar-refractivity contribution in [2.24, 2.45) is 0 Å². The molecule has 3 atom stereocenters. The fourth-order valence-corrected chi connectivity index (χ4v) is 6.62. The first kappa shape index (κ1) is 33.7. The lowest BCUT2D eigenvalue weighted by Gasteiger charge is -2.35. The number of fused-ring (bicyclic) bond motifs is 1. The van der Waals surface area contributed by atoms with Crippen LogP contribution in [0.3, 0.4) is 0 Å². The van der Waals surface area contributed by atoms with Crippen LogP contribution >= 0.6 is 23.2 Å². The lowest BCUT2D eigenvalue weighted by Crippen LogP contribution is -2.55. The number of hydrogen-bond donors (Lipinski definition) is 5. The van der Waals surface area contributed by atoms with Crippen LogP contribution in [-0.2, 0) is 11.3 Å². The molecule has 0 aliphatic carbocycles. The number of benzene rings is 1. The van der Waals surface area contributed by atoms with Crippen molar-refractivity contribution >= 4 is 35.0 Å². The molecular formula is C34H38Cl2N8O4. The standard InChI is InChI=1S/C34H38Cl2N8O4/c1-19(45)14-37-17-28-42-44-18-21(13-27(44)34(47)43(28)2)32-31(36)24(11-12-39-32)23-5-4-6-25(30(23)35)26-9-7-20(33(41-26)48-3)15-38-16-22-8-10-29(46)40-22/h4-7,9,11-13,18-19,22,28,37-38,42,45H,8,10,14-17H2,1-3H3,(H,40,46)/t19-,22-,28?/m0/s1. The summed E-state index contributed by atoms with van der Waals surface area (Å²) in [5.74, 6) is 0.416. The van der Waals surface area contributed by atoms with E-state index >= 15 is 0 Å². The van der Waals surface area contributed by atoms with E-state index in [-0.39, 0.29) is 24.0 Å². The molecule has 5 heterocycles. The van der Waals surface area contributed by atoms with Crippen molar-refractivity contribution in [3.63, 3.8) is 0 Å². The van der Waals surface area contributed by atoms with E-state index in [1.54, 1.807) is 49.1 Å². The van der Waals surface area contributed by atoms with E-state index < -0.39 is 6.10 Å². The maximum atomic E-state index is 13.2. The molecule has 1 saturated heterocycles. The zero-order valence-electron chi connectivity index (χ0n) is 26.9. The Balaban J connectivity index is 1.24. The van der Waals surface area contributed by atoms with Gasteiger partial charge in [0.25, 0.3) is 5.91 Å². The molecule has 2 amide bonds. The summed E-state index contributed by atoms with van der Waals surface area (Å²) in [6.07, 6.45) is 4.04. The number of rotatable bonds is 12. The lowest BCUT2D eigenvalue weighted by atomic mass is 10.00. The first-order chi connectivity index (χ1) is 23.1. The van der Waals surface area contributed by atoms with Gasteiger partial charge in [0.2, 0.25) is 11.8 Å². The van der Waals surface area contributed by atoms with Gasteiger partial charge in [-0.2, -0.15) is 0 Å². The maximum Gasteiger partial charge on any atom is 0.273 e. The minimum Gasteiger partial charge on any atom is -0.481 e. The third-order valence-electron chi connectivity index (χ3n) is 8.54. The number of methoxy groups -OCH3 is 1. The number of aromatic nitrogens is 3. The summed E-state index contributed by atoms with van der Waals surface area (Å²) >= 11 is 14.1. The molecule has 1 fully saturated rings. The zero-order valence-corrected chi connectivity index (χ0v) is 28.4. The van der Waals surface area contributed by atoms with Crippen molar-refractivity contribution < 1.29 is 19.4 Å². The smallest absolute Gasteiger partial charge is 0.273 e. The van der Waals surface area contributed by atoms with Gasteiger partial charge in [0.05, 0.1) is 34.6 Å². The highest BCUT2D eigenvalue weighted by Gasteiger charge is 2.31. The van der Waals surface area contributed by atoms with Crippen LogP contribution in [0.4, 0.5) is 0 Å². The number of amides is 2. The van der Waals surface area contributed by atoms with E-state index in [9.17, 15) is 14.7 Å². The highest BCUT2D eigenvalue weighted by molar-refractivity contribution is 6.39. The second-order valence-corrected chi connectivity index (χ2v) is 12.8. The van der Waals surface area contributed by atoms with Gasteiger partial charge >= 0.3 is 0 Å². The van der Waals surface area contributed by atoms with Crippen LogP contribution in [0.25, 0.3) is 33.6 Å². The average Bonchev–Trinajstić information content (AvgIpc) is 3.69. The number of aliphatic hydroxyl groups excluding tert-OH is 1. The predicted octanol–water partition coefficient (Wildman–Crippen LogP) is 3.89. The predicted molar refractivity (Wildman–Crippen MR) is 186 cm³/mol. The molecule has 3 aromatic heterocycles. The molecule has 12 nitrogen and oxygen atoms in total. The summed E-state index contributed by atoms with van der Waals surface area (Å²) in [4.78, 5) is 35.7. The number of halogens is 2. The second kappa shape index (κ2) is 14.5. The summed E-state index contributed by atoms with van der Waals surface area (Å²) in [6, 6.07) is 13.2. The number of aliphatic hydroxyl groups is 1. The number of carbonyl (C=O) groups is 2. The minimum absolute atomic E-state index is 0.0896. The number of nitrogens with zero attached hydrogens (tertiary/aromatic N) is 4. The van der Waals surface area contributed by atoms with Gasteiger partial charge in [-0.15, -0.1) is 0 Å². The molecule has 6 rings (SSSR count). The largest absolute Gasteiger partial charge is 0.481 e. The molecule has 2 aliphatic heterocycles. The third kappa shape index (κ3) is 6.99. The normalized spacial score (nSPS) is 18.0. The molecule has 252 valence electrons. The molecular weight excluding hydrogens is 655 g/mol. The lowest BCUT2D eigenvalue weighted by molar-refractivity contribution is -0.119. The third-order valence-corrected chi connectivity index (χ3v) is 9.33. The molecule has 0 radical (unpaired) electrons. The van der Waals surface area contributed by atoms with E-state index in [4.69, 9.17) is 32.9 Å². The Morgan fingerprint density at radius 2 is 1.88 bits per heavy atom. The SMILES string of the molecule is COc1nc(-c2cccc(-c3ccnc(-c4cc5n(c4)NC(CNC[C@H](C)O)N(C)C5=O)c3Cl)c2Cl)ccc1CNC[C@@H]1CCC(=O)N1. The summed E-state index contributed by atoms with van der Waals surface area (Å²) in [6.45, 7) is 3.76. The summed E-state index contributed by atoms with van der Waals surface area (Å²) in [5.41, 5.74) is 8.58. The molecule has 0 saturated carbocycles. The Morgan fingerprint density at radius 1 is 1.08 bits per heavy atom. The van der Waals surface area contributed by atoms with Crippen LogP contribution in [0.15, 0.2) is 54.9 Å². The monoisotopic (exact) mass is 692 g/mol. The van der Waals surface area contributed by atoms with Gasteiger partial charge < -0.3 is 36.1 Å². The number of nitrogens with one attached hydrogen (secondary N) is 4. The molecule has 0 bridgehead atoms. The van der Waals surface area contributed by atoms with Gasteiger partial charge in [0, 0.05) is 85.9 Å². The molecule has 5 N–H and O–H groups in total. The number of hydrogen-bond acceptors (Lipinski definition) is 9. The van der Waals surface area contributed by atoms with Crippen molar-refractivity contribution in [1.82, 2.24) is 35.5 Å². The van der Waals surface area contributed by atoms with Crippen LogP contribution < -0.4 is 26.1 Å². The van der Waals surface area contributed by atoms with Gasteiger partial charge in [0.1, 0.15) is 11.9 Å². The molecule has 0 spiro atoms. The number of pyridine rings is 2. The molecule has 48 heavy (non-hydrogen) atoms. The fourth-order valence-electron chi connectivity index (χ4n) is 5.98. The van der Waals surface area contributed by atoms with E-state index in [1.807, 2.05) is 36.4 Å². The molecule has 1 aromatic carbocycles. The van der Waals surface area contributed by atoms with E-state index in [0.29, 0.717) is 87.9 Å². The fraction of sp³-hybridized carbons (Fsp3) is 0.353. The van der Waals surface area contributed by atoms with Crippen LogP contribution in [0.1, 0.15) is 35.8 Å². The first-order valence-electron chi connectivity index (χ1n) is 15.8. The van der Waals surface area contributed by atoms with E-state index in [0.717, 1.165) is 12.0 Å². The first-order valence-corrected chi connectivity index (χ1v) is 16.5. The minimum atomic E-state index is -0.496. The highest BCUT2D eigenvalue weighted by Crippen LogP contribution is 2.42. The van der Waals surface area contributed by atoms with Gasteiger partial charge in [-0.3, -0.25) is 19.2 Å². The Morgan fingerprint density at radius 3 is 2.62 bits per heavy atom. The summed E-state index contributed by atoms with van der Waals surface area (Å²) < 4.78 is 7.32. The van der Waals surface area contributed by atoms with Crippen molar-refractivity contribution in [2.45, 2.75) is 44.6 Å². The Bertz CT molecular complexity index is 1830.